The minimum atomic E-state index is 0.468. The largest absolute Gasteiger partial charge is 0.398 e. The third-order valence-electron chi connectivity index (χ3n) is 1.81. The van der Waals surface area contributed by atoms with Gasteiger partial charge in [-0.1, -0.05) is 31.5 Å². The van der Waals surface area contributed by atoms with Crippen molar-refractivity contribution in [1.29, 1.82) is 0 Å². The zero-order valence-electron chi connectivity index (χ0n) is 7.97. The molecule has 0 amide bonds. The molecular weight excluding hydrogens is 184 g/mol. The van der Waals surface area contributed by atoms with E-state index in [-0.39, 0.29) is 0 Å². The van der Waals surface area contributed by atoms with Crippen LogP contribution in [-0.2, 0) is 6.54 Å². The fourth-order valence-electron chi connectivity index (χ4n) is 1.04. The molecule has 2 nitrogen and oxygen atoms in total. The molecule has 1 aromatic carbocycles. The van der Waals surface area contributed by atoms with Crippen molar-refractivity contribution in [2.75, 3.05) is 5.73 Å². The van der Waals surface area contributed by atoms with Gasteiger partial charge in [0.05, 0.1) is 0 Å². The summed E-state index contributed by atoms with van der Waals surface area (Å²) < 4.78 is 0. The van der Waals surface area contributed by atoms with E-state index in [0.29, 0.717) is 11.1 Å². The average molecular weight is 199 g/mol. The van der Waals surface area contributed by atoms with Crippen molar-refractivity contribution < 1.29 is 0 Å². The number of nitrogen functional groups attached to an aromatic ring is 1. The molecule has 0 aromatic heterocycles. The van der Waals surface area contributed by atoms with E-state index in [1.807, 2.05) is 12.1 Å². The maximum absolute atomic E-state index is 5.78. The lowest BCUT2D eigenvalue weighted by molar-refractivity contribution is 0.589. The SMILES string of the molecule is CC(C)NCc1ccc(Cl)cc1N. The summed E-state index contributed by atoms with van der Waals surface area (Å²) in [5.74, 6) is 0. The quantitative estimate of drug-likeness (QED) is 0.733. The van der Waals surface area contributed by atoms with Crippen molar-refractivity contribution in [3.8, 4) is 0 Å². The predicted octanol–water partition coefficient (Wildman–Crippen LogP) is 2.42. The smallest absolute Gasteiger partial charge is 0.0426 e. The molecule has 0 aliphatic rings. The van der Waals surface area contributed by atoms with Crippen molar-refractivity contribution in [3.63, 3.8) is 0 Å². The van der Waals surface area contributed by atoms with E-state index in [4.69, 9.17) is 17.3 Å². The monoisotopic (exact) mass is 198 g/mol. The summed E-state index contributed by atoms with van der Waals surface area (Å²) in [4.78, 5) is 0. The van der Waals surface area contributed by atoms with Crippen molar-refractivity contribution >= 4 is 17.3 Å². The molecule has 0 fully saturated rings. The maximum Gasteiger partial charge on any atom is 0.0426 e. The first-order valence-electron chi connectivity index (χ1n) is 4.37. The lowest BCUT2D eigenvalue weighted by Crippen LogP contribution is -2.22. The van der Waals surface area contributed by atoms with Gasteiger partial charge < -0.3 is 11.1 Å². The minimum absolute atomic E-state index is 0.468. The predicted molar refractivity (Wildman–Crippen MR) is 57.8 cm³/mol. The van der Waals surface area contributed by atoms with Crippen LogP contribution in [0.4, 0.5) is 5.69 Å². The van der Waals surface area contributed by atoms with E-state index >= 15 is 0 Å². The van der Waals surface area contributed by atoms with Crippen LogP contribution in [0.15, 0.2) is 18.2 Å². The molecule has 0 radical (unpaired) electrons. The Balaban J connectivity index is 2.67. The molecule has 0 aliphatic carbocycles. The number of nitrogens with one attached hydrogen (secondary N) is 1. The molecule has 0 aliphatic heterocycles. The van der Waals surface area contributed by atoms with Gasteiger partial charge in [-0.25, -0.2) is 0 Å². The molecule has 1 aromatic rings. The zero-order chi connectivity index (χ0) is 9.84. The Morgan fingerprint density at radius 3 is 2.69 bits per heavy atom. The fraction of sp³-hybridized carbons (Fsp3) is 0.400. The summed E-state index contributed by atoms with van der Waals surface area (Å²) in [6.07, 6.45) is 0. The Labute approximate surface area is 84.1 Å². The molecule has 0 saturated heterocycles. The molecule has 0 unspecified atom stereocenters. The number of hydrogen-bond donors (Lipinski definition) is 2. The maximum atomic E-state index is 5.78. The van der Waals surface area contributed by atoms with Crippen LogP contribution in [0.3, 0.4) is 0 Å². The van der Waals surface area contributed by atoms with Gasteiger partial charge in [0.2, 0.25) is 0 Å². The highest BCUT2D eigenvalue weighted by atomic mass is 35.5. The van der Waals surface area contributed by atoms with Gasteiger partial charge in [0.1, 0.15) is 0 Å². The first-order valence-corrected chi connectivity index (χ1v) is 4.74. The number of nitrogens with two attached hydrogens (primary N) is 1. The van der Waals surface area contributed by atoms with Crippen molar-refractivity contribution in [1.82, 2.24) is 5.32 Å². The van der Waals surface area contributed by atoms with Gasteiger partial charge >= 0.3 is 0 Å². The summed E-state index contributed by atoms with van der Waals surface area (Å²) in [5, 5.41) is 3.98. The zero-order valence-corrected chi connectivity index (χ0v) is 8.73. The van der Waals surface area contributed by atoms with Gasteiger partial charge in [0.15, 0.2) is 0 Å². The Morgan fingerprint density at radius 2 is 2.15 bits per heavy atom. The molecule has 3 N–H and O–H groups in total. The van der Waals surface area contributed by atoms with Crippen LogP contribution in [0.5, 0.6) is 0 Å². The van der Waals surface area contributed by atoms with E-state index in [9.17, 15) is 0 Å². The lowest BCUT2D eigenvalue weighted by Gasteiger charge is -2.10. The summed E-state index contributed by atoms with van der Waals surface area (Å²) >= 11 is 5.78. The summed E-state index contributed by atoms with van der Waals surface area (Å²) in [6, 6.07) is 6.05. The molecule has 0 heterocycles. The van der Waals surface area contributed by atoms with E-state index in [2.05, 4.69) is 19.2 Å². The normalized spacial score (nSPS) is 10.8. The molecule has 72 valence electrons. The number of anilines is 1. The Kier molecular flexibility index (Phi) is 3.58. The van der Waals surface area contributed by atoms with Crippen LogP contribution in [0.2, 0.25) is 5.02 Å². The average Bonchev–Trinajstić information content (AvgIpc) is 2.02. The minimum Gasteiger partial charge on any atom is -0.398 e. The van der Waals surface area contributed by atoms with Crippen molar-refractivity contribution in [3.05, 3.63) is 28.8 Å². The van der Waals surface area contributed by atoms with E-state index < -0.39 is 0 Å². The number of hydrogen-bond acceptors (Lipinski definition) is 2. The van der Waals surface area contributed by atoms with Gasteiger partial charge in [0.25, 0.3) is 0 Å². The van der Waals surface area contributed by atoms with Crippen LogP contribution in [0, 0.1) is 0 Å². The second-order valence-electron chi connectivity index (χ2n) is 3.38. The number of rotatable bonds is 3. The third kappa shape index (κ3) is 3.25. The first-order chi connectivity index (χ1) is 6.09. The third-order valence-corrected chi connectivity index (χ3v) is 2.04. The standard InChI is InChI=1S/C10H15ClN2/c1-7(2)13-6-8-3-4-9(11)5-10(8)12/h3-5,7,13H,6,12H2,1-2H3. The van der Waals surface area contributed by atoms with E-state index in [1.54, 1.807) is 6.07 Å². The molecule has 0 bridgehead atoms. The van der Waals surface area contributed by atoms with Crippen molar-refractivity contribution in [2.24, 2.45) is 0 Å². The topological polar surface area (TPSA) is 38.0 Å². The summed E-state index contributed by atoms with van der Waals surface area (Å²) in [5.41, 5.74) is 7.63. The van der Waals surface area contributed by atoms with E-state index in [1.165, 1.54) is 0 Å². The van der Waals surface area contributed by atoms with Gasteiger partial charge in [0, 0.05) is 23.3 Å². The molecule has 0 spiro atoms. The number of halogens is 1. The van der Waals surface area contributed by atoms with Gasteiger partial charge in [-0.05, 0) is 17.7 Å². The summed E-state index contributed by atoms with van der Waals surface area (Å²) in [7, 11) is 0. The van der Waals surface area contributed by atoms with Crippen LogP contribution >= 0.6 is 11.6 Å². The first kappa shape index (κ1) is 10.4. The van der Waals surface area contributed by atoms with Gasteiger partial charge in [-0.2, -0.15) is 0 Å². The second kappa shape index (κ2) is 4.49. The van der Waals surface area contributed by atoms with Crippen LogP contribution in [0.1, 0.15) is 19.4 Å². The molecular formula is C10H15ClN2. The molecule has 13 heavy (non-hydrogen) atoms. The van der Waals surface area contributed by atoms with Crippen LogP contribution in [0.25, 0.3) is 0 Å². The van der Waals surface area contributed by atoms with Crippen LogP contribution < -0.4 is 11.1 Å². The van der Waals surface area contributed by atoms with Crippen molar-refractivity contribution in [2.45, 2.75) is 26.4 Å². The lowest BCUT2D eigenvalue weighted by atomic mass is 10.2. The fourth-order valence-corrected chi connectivity index (χ4v) is 1.22. The molecule has 0 atom stereocenters. The van der Waals surface area contributed by atoms with E-state index in [0.717, 1.165) is 17.8 Å². The Hall–Kier alpha value is -0.730. The highest BCUT2D eigenvalue weighted by Gasteiger charge is 2.00. The van der Waals surface area contributed by atoms with Crippen LogP contribution in [-0.4, -0.2) is 6.04 Å². The molecule has 1 rings (SSSR count). The van der Waals surface area contributed by atoms with Gasteiger partial charge in [-0.15, -0.1) is 0 Å². The second-order valence-corrected chi connectivity index (χ2v) is 3.82. The molecule has 3 heteroatoms. The highest BCUT2D eigenvalue weighted by Crippen LogP contribution is 2.17. The highest BCUT2D eigenvalue weighted by molar-refractivity contribution is 6.30. The Bertz CT molecular complexity index is 284. The summed E-state index contributed by atoms with van der Waals surface area (Å²) in [6.45, 7) is 5.00. The molecule has 0 saturated carbocycles. The number of benzene rings is 1. The van der Waals surface area contributed by atoms with Gasteiger partial charge in [-0.3, -0.25) is 0 Å². The Morgan fingerprint density at radius 1 is 1.46 bits per heavy atom.